The van der Waals surface area contributed by atoms with E-state index in [0.29, 0.717) is 6.04 Å². The fourth-order valence-electron chi connectivity index (χ4n) is 2.15. The van der Waals surface area contributed by atoms with Crippen molar-refractivity contribution >= 4 is 11.5 Å². The van der Waals surface area contributed by atoms with Crippen LogP contribution in [0, 0.1) is 5.92 Å². The Bertz CT molecular complexity index is 288. The van der Waals surface area contributed by atoms with Crippen molar-refractivity contribution in [1.82, 2.24) is 19.8 Å². The highest BCUT2D eigenvalue weighted by molar-refractivity contribution is 7.03. The number of likely N-dealkylation sites (tertiary alicyclic amines) is 1. The lowest BCUT2D eigenvalue weighted by atomic mass is 9.94. The van der Waals surface area contributed by atoms with E-state index in [1.807, 2.05) is 5.38 Å². The number of nitrogens with one attached hydrogen (secondary N) is 1. The molecule has 0 aliphatic carbocycles. The Morgan fingerprint density at radius 2 is 2.53 bits per heavy atom. The third-order valence-corrected chi connectivity index (χ3v) is 3.61. The molecular formula is C10H18N4S. The molecule has 2 heterocycles. The van der Waals surface area contributed by atoms with E-state index in [4.69, 9.17) is 0 Å². The number of aromatic nitrogens is 2. The molecule has 84 valence electrons. The van der Waals surface area contributed by atoms with E-state index >= 15 is 0 Å². The van der Waals surface area contributed by atoms with Crippen LogP contribution in [0.2, 0.25) is 0 Å². The van der Waals surface area contributed by atoms with E-state index < -0.39 is 0 Å². The Balaban J connectivity index is 1.79. The van der Waals surface area contributed by atoms with Gasteiger partial charge in [0.05, 0.1) is 5.69 Å². The lowest BCUT2D eigenvalue weighted by Crippen LogP contribution is -2.46. The van der Waals surface area contributed by atoms with Gasteiger partial charge in [-0.25, -0.2) is 0 Å². The summed E-state index contributed by atoms with van der Waals surface area (Å²) in [5, 5.41) is 9.61. The van der Waals surface area contributed by atoms with Crippen molar-refractivity contribution in [3.8, 4) is 0 Å². The zero-order valence-electron chi connectivity index (χ0n) is 9.31. The van der Waals surface area contributed by atoms with E-state index in [1.165, 1.54) is 31.0 Å². The van der Waals surface area contributed by atoms with Crippen molar-refractivity contribution in [2.75, 3.05) is 20.1 Å². The molecule has 5 heteroatoms. The van der Waals surface area contributed by atoms with Gasteiger partial charge in [0, 0.05) is 24.5 Å². The molecule has 2 unspecified atom stereocenters. The highest BCUT2D eigenvalue weighted by Crippen LogP contribution is 2.15. The maximum Gasteiger partial charge on any atom is 0.0893 e. The van der Waals surface area contributed by atoms with Gasteiger partial charge < -0.3 is 10.2 Å². The van der Waals surface area contributed by atoms with Gasteiger partial charge in [-0.05, 0) is 37.5 Å². The molecule has 4 nitrogen and oxygen atoms in total. The van der Waals surface area contributed by atoms with Gasteiger partial charge in [0.1, 0.15) is 0 Å². The van der Waals surface area contributed by atoms with Crippen molar-refractivity contribution in [3.05, 3.63) is 11.1 Å². The largest absolute Gasteiger partial charge is 0.308 e. The third-order valence-electron chi connectivity index (χ3n) is 3.06. The molecule has 0 amide bonds. The van der Waals surface area contributed by atoms with Crippen LogP contribution in [-0.2, 0) is 6.54 Å². The highest BCUT2D eigenvalue weighted by atomic mass is 32.1. The minimum Gasteiger partial charge on any atom is -0.308 e. The summed E-state index contributed by atoms with van der Waals surface area (Å²) in [5.74, 6) is 0.718. The number of hydrogen-bond acceptors (Lipinski definition) is 5. The summed E-state index contributed by atoms with van der Waals surface area (Å²) in [6.07, 6.45) is 1.23. The second-order valence-electron chi connectivity index (χ2n) is 4.41. The van der Waals surface area contributed by atoms with Crippen LogP contribution < -0.4 is 5.32 Å². The van der Waals surface area contributed by atoms with E-state index in [1.54, 1.807) is 0 Å². The SMILES string of the molecule is CC1CN(C)CCC1NCc1csnn1. The number of hydrogen-bond donors (Lipinski definition) is 1. The second-order valence-corrected chi connectivity index (χ2v) is 5.02. The standard InChI is InChI=1S/C10H18N4S/c1-8-6-14(2)4-3-10(8)11-5-9-7-15-13-12-9/h7-8,10-11H,3-6H2,1-2H3. The smallest absolute Gasteiger partial charge is 0.0893 e. The topological polar surface area (TPSA) is 41.0 Å². The molecule has 2 rings (SSSR count). The molecule has 0 saturated carbocycles. The Labute approximate surface area is 94.8 Å². The molecule has 0 aromatic carbocycles. The average Bonchev–Trinajstić information content (AvgIpc) is 2.69. The lowest BCUT2D eigenvalue weighted by molar-refractivity contribution is 0.174. The Hall–Kier alpha value is -0.520. The van der Waals surface area contributed by atoms with Gasteiger partial charge in [0.25, 0.3) is 0 Å². The predicted octanol–water partition coefficient (Wildman–Crippen LogP) is 0.968. The maximum absolute atomic E-state index is 4.04. The van der Waals surface area contributed by atoms with Gasteiger partial charge in [-0.3, -0.25) is 0 Å². The Morgan fingerprint density at radius 1 is 1.67 bits per heavy atom. The van der Waals surface area contributed by atoms with Crippen molar-refractivity contribution in [1.29, 1.82) is 0 Å². The summed E-state index contributed by atoms with van der Waals surface area (Å²) in [6, 6.07) is 0.628. The fourth-order valence-corrected chi connectivity index (χ4v) is 2.61. The van der Waals surface area contributed by atoms with Crippen LogP contribution in [-0.4, -0.2) is 40.7 Å². The van der Waals surface area contributed by atoms with E-state index in [2.05, 4.69) is 33.8 Å². The molecule has 1 aromatic rings. The molecule has 1 aromatic heterocycles. The summed E-state index contributed by atoms with van der Waals surface area (Å²) in [4.78, 5) is 2.40. The van der Waals surface area contributed by atoms with E-state index in [0.717, 1.165) is 18.2 Å². The van der Waals surface area contributed by atoms with Crippen molar-refractivity contribution in [2.24, 2.45) is 5.92 Å². The van der Waals surface area contributed by atoms with Gasteiger partial charge in [0.15, 0.2) is 0 Å². The Kier molecular flexibility index (Phi) is 3.66. The first-order valence-electron chi connectivity index (χ1n) is 5.43. The summed E-state index contributed by atoms with van der Waals surface area (Å²) in [7, 11) is 2.19. The number of piperidine rings is 1. The maximum atomic E-state index is 4.04. The molecular weight excluding hydrogens is 208 g/mol. The molecule has 0 spiro atoms. The van der Waals surface area contributed by atoms with Gasteiger partial charge in [0.2, 0.25) is 0 Å². The van der Waals surface area contributed by atoms with Gasteiger partial charge in [-0.1, -0.05) is 11.4 Å². The fraction of sp³-hybridized carbons (Fsp3) is 0.800. The first kappa shape index (κ1) is 11.0. The van der Waals surface area contributed by atoms with Crippen molar-refractivity contribution in [2.45, 2.75) is 25.9 Å². The van der Waals surface area contributed by atoms with Crippen molar-refractivity contribution in [3.63, 3.8) is 0 Å². The van der Waals surface area contributed by atoms with E-state index in [-0.39, 0.29) is 0 Å². The molecule has 0 bridgehead atoms. The minimum atomic E-state index is 0.628. The van der Waals surface area contributed by atoms with E-state index in [9.17, 15) is 0 Å². The van der Waals surface area contributed by atoms with Crippen LogP contribution in [0.5, 0.6) is 0 Å². The summed E-state index contributed by atoms with van der Waals surface area (Å²) in [5.41, 5.74) is 1.06. The Morgan fingerprint density at radius 3 is 3.20 bits per heavy atom. The number of nitrogens with zero attached hydrogens (tertiary/aromatic N) is 3. The first-order valence-corrected chi connectivity index (χ1v) is 6.27. The summed E-state index contributed by atoms with van der Waals surface area (Å²) >= 11 is 1.42. The second kappa shape index (κ2) is 5.01. The molecule has 1 N–H and O–H groups in total. The normalized spacial score (nSPS) is 28.1. The van der Waals surface area contributed by atoms with Gasteiger partial charge in [-0.2, -0.15) is 0 Å². The molecule has 1 aliphatic rings. The van der Waals surface area contributed by atoms with Crippen LogP contribution in [0.1, 0.15) is 19.0 Å². The lowest BCUT2D eigenvalue weighted by Gasteiger charge is -2.35. The van der Waals surface area contributed by atoms with Crippen LogP contribution in [0.15, 0.2) is 5.38 Å². The molecule has 1 aliphatic heterocycles. The van der Waals surface area contributed by atoms with Crippen molar-refractivity contribution < 1.29 is 0 Å². The van der Waals surface area contributed by atoms with Gasteiger partial charge >= 0.3 is 0 Å². The monoisotopic (exact) mass is 226 g/mol. The van der Waals surface area contributed by atoms with Crippen LogP contribution in [0.4, 0.5) is 0 Å². The zero-order valence-corrected chi connectivity index (χ0v) is 10.1. The zero-order chi connectivity index (χ0) is 10.7. The molecule has 1 fully saturated rings. The highest BCUT2D eigenvalue weighted by Gasteiger charge is 2.23. The first-order chi connectivity index (χ1) is 7.25. The molecule has 0 radical (unpaired) electrons. The van der Waals surface area contributed by atoms with Gasteiger partial charge in [-0.15, -0.1) is 5.10 Å². The third kappa shape index (κ3) is 2.96. The van der Waals surface area contributed by atoms with Crippen LogP contribution in [0.25, 0.3) is 0 Å². The molecule has 2 atom stereocenters. The van der Waals surface area contributed by atoms with Crippen LogP contribution >= 0.6 is 11.5 Å². The van der Waals surface area contributed by atoms with Crippen LogP contribution in [0.3, 0.4) is 0 Å². The quantitative estimate of drug-likeness (QED) is 0.834. The number of rotatable bonds is 3. The summed E-state index contributed by atoms with van der Waals surface area (Å²) < 4.78 is 3.86. The molecule has 1 saturated heterocycles. The molecule has 15 heavy (non-hydrogen) atoms. The predicted molar refractivity (Wildman–Crippen MR) is 61.8 cm³/mol. The minimum absolute atomic E-state index is 0.628. The summed E-state index contributed by atoms with van der Waals surface area (Å²) in [6.45, 7) is 5.55. The average molecular weight is 226 g/mol.